The molecule has 5 nitrogen and oxygen atoms in total. The number of nitrogens with zero attached hydrogens (tertiary/aromatic N) is 4. The van der Waals surface area contributed by atoms with Crippen molar-refractivity contribution in [3.05, 3.63) is 47.5 Å². The SMILES string of the molecule is Fc1cccc(Cn2ncnn2)c1C1=CCNCC1. The van der Waals surface area contributed by atoms with Gasteiger partial charge in [0.15, 0.2) is 6.33 Å². The molecular formula is C13H14FN5. The molecule has 0 saturated carbocycles. The van der Waals surface area contributed by atoms with E-state index >= 15 is 0 Å². The molecule has 0 atom stereocenters. The summed E-state index contributed by atoms with van der Waals surface area (Å²) in [6.07, 6.45) is 4.25. The molecule has 0 fully saturated rings. The summed E-state index contributed by atoms with van der Waals surface area (Å²) in [5.74, 6) is -0.189. The molecule has 98 valence electrons. The molecule has 6 heteroatoms. The van der Waals surface area contributed by atoms with Crippen LogP contribution in [0.4, 0.5) is 4.39 Å². The van der Waals surface area contributed by atoms with Gasteiger partial charge in [-0.3, -0.25) is 0 Å². The lowest BCUT2D eigenvalue weighted by Crippen LogP contribution is -2.21. The van der Waals surface area contributed by atoms with Crippen molar-refractivity contribution < 1.29 is 4.39 Å². The van der Waals surface area contributed by atoms with Crippen molar-refractivity contribution in [3.63, 3.8) is 0 Å². The zero-order valence-electron chi connectivity index (χ0n) is 10.4. The average Bonchev–Trinajstić information content (AvgIpc) is 2.93. The molecule has 1 aromatic carbocycles. The maximum absolute atomic E-state index is 14.1. The third-order valence-electron chi connectivity index (χ3n) is 3.19. The standard InChI is InChI=1S/C13H14FN5/c14-12-3-1-2-11(8-19-17-9-16-18-19)13(12)10-4-6-15-7-5-10/h1-4,9,15H,5-8H2. The van der Waals surface area contributed by atoms with Gasteiger partial charge in [0.05, 0.1) is 6.54 Å². The maximum atomic E-state index is 14.1. The fourth-order valence-corrected chi connectivity index (χ4v) is 2.32. The molecule has 1 aliphatic rings. The second-order valence-corrected chi connectivity index (χ2v) is 4.42. The molecule has 19 heavy (non-hydrogen) atoms. The summed E-state index contributed by atoms with van der Waals surface area (Å²) >= 11 is 0. The predicted octanol–water partition coefficient (Wildman–Crippen LogP) is 1.24. The van der Waals surface area contributed by atoms with E-state index in [-0.39, 0.29) is 5.82 Å². The van der Waals surface area contributed by atoms with E-state index in [4.69, 9.17) is 0 Å². The molecule has 0 spiro atoms. The zero-order chi connectivity index (χ0) is 13.1. The summed E-state index contributed by atoms with van der Waals surface area (Å²) in [6, 6.07) is 5.12. The van der Waals surface area contributed by atoms with Crippen molar-refractivity contribution in [2.75, 3.05) is 13.1 Å². The van der Waals surface area contributed by atoms with Crippen LogP contribution >= 0.6 is 0 Å². The fraction of sp³-hybridized carbons (Fsp3) is 0.308. The van der Waals surface area contributed by atoms with Gasteiger partial charge in [0.1, 0.15) is 5.82 Å². The van der Waals surface area contributed by atoms with E-state index in [0.717, 1.165) is 30.6 Å². The molecule has 2 heterocycles. The number of hydrogen-bond donors (Lipinski definition) is 1. The van der Waals surface area contributed by atoms with E-state index in [1.54, 1.807) is 6.07 Å². The van der Waals surface area contributed by atoms with E-state index in [1.807, 2.05) is 12.1 Å². The average molecular weight is 259 g/mol. The van der Waals surface area contributed by atoms with Crippen molar-refractivity contribution in [3.8, 4) is 0 Å². The van der Waals surface area contributed by atoms with Crippen LogP contribution in [0.25, 0.3) is 5.57 Å². The number of aromatic nitrogens is 4. The van der Waals surface area contributed by atoms with E-state index in [0.29, 0.717) is 12.1 Å². The number of rotatable bonds is 3. The van der Waals surface area contributed by atoms with E-state index in [9.17, 15) is 4.39 Å². The molecule has 0 unspecified atom stereocenters. The second-order valence-electron chi connectivity index (χ2n) is 4.42. The van der Waals surface area contributed by atoms with Gasteiger partial charge in [-0.2, -0.15) is 4.80 Å². The minimum Gasteiger partial charge on any atom is -0.313 e. The third kappa shape index (κ3) is 2.53. The van der Waals surface area contributed by atoms with Crippen LogP contribution in [-0.4, -0.2) is 33.3 Å². The third-order valence-corrected chi connectivity index (χ3v) is 3.19. The van der Waals surface area contributed by atoms with Crippen LogP contribution in [0.3, 0.4) is 0 Å². The Labute approximate surface area is 110 Å². The molecule has 1 N–H and O–H groups in total. The predicted molar refractivity (Wildman–Crippen MR) is 68.8 cm³/mol. The lowest BCUT2D eigenvalue weighted by molar-refractivity contribution is 0.563. The van der Waals surface area contributed by atoms with Crippen LogP contribution in [0.5, 0.6) is 0 Å². The smallest absolute Gasteiger partial charge is 0.162 e. The first-order valence-electron chi connectivity index (χ1n) is 6.23. The summed E-state index contributed by atoms with van der Waals surface area (Å²) in [5, 5.41) is 14.7. The Morgan fingerprint density at radius 1 is 1.37 bits per heavy atom. The molecular weight excluding hydrogens is 245 g/mol. The number of nitrogens with one attached hydrogen (secondary N) is 1. The normalized spacial score (nSPS) is 15.3. The molecule has 0 bridgehead atoms. The first-order chi connectivity index (χ1) is 9.34. The number of halogens is 1. The lowest BCUT2D eigenvalue weighted by Gasteiger charge is -2.17. The van der Waals surface area contributed by atoms with Gasteiger partial charge < -0.3 is 5.32 Å². The summed E-state index contributed by atoms with van der Waals surface area (Å²) in [7, 11) is 0. The molecule has 0 saturated heterocycles. The Morgan fingerprint density at radius 3 is 3.05 bits per heavy atom. The Balaban J connectivity index is 1.99. The second kappa shape index (κ2) is 5.27. The Morgan fingerprint density at radius 2 is 2.32 bits per heavy atom. The van der Waals surface area contributed by atoms with Crippen LogP contribution in [0.2, 0.25) is 0 Å². The van der Waals surface area contributed by atoms with Crippen molar-refractivity contribution in [2.45, 2.75) is 13.0 Å². The van der Waals surface area contributed by atoms with E-state index < -0.39 is 0 Å². The van der Waals surface area contributed by atoms with Crippen LogP contribution in [-0.2, 0) is 6.54 Å². The Hall–Kier alpha value is -2.08. The van der Waals surface area contributed by atoms with Gasteiger partial charge in [-0.05, 0) is 35.4 Å². The number of tetrazole rings is 1. The quantitative estimate of drug-likeness (QED) is 0.901. The maximum Gasteiger partial charge on any atom is 0.162 e. The van der Waals surface area contributed by atoms with Gasteiger partial charge in [0, 0.05) is 12.1 Å². The summed E-state index contributed by atoms with van der Waals surface area (Å²) in [6.45, 7) is 2.09. The molecule has 1 aromatic heterocycles. The molecule has 0 aliphatic carbocycles. The van der Waals surface area contributed by atoms with Crippen molar-refractivity contribution in [1.82, 2.24) is 25.5 Å². The van der Waals surface area contributed by atoms with E-state index in [2.05, 4.69) is 20.7 Å². The lowest BCUT2D eigenvalue weighted by atomic mass is 9.95. The first-order valence-corrected chi connectivity index (χ1v) is 6.23. The highest BCUT2D eigenvalue weighted by Gasteiger charge is 2.15. The Bertz CT molecular complexity index is 591. The monoisotopic (exact) mass is 259 g/mol. The van der Waals surface area contributed by atoms with Gasteiger partial charge in [-0.1, -0.05) is 18.2 Å². The van der Waals surface area contributed by atoms with Crippen LogP contribution in [0, 0.1) is 5.82 Å². The van der Waals surface area contributed by atoms with Gasteiger partial charge >= 0.3 is 0 Å². The summed E-state index contributed by atoms with van der Waals surface area (Å²) < 4.78 is 14.1. The summed E-state index contributed by atoms with van der Waals surface area (Å²) in [4.78, 5) is 1.46. The van der Waals surface area contributed by atoms with E-state index in [1.165, 1.54) is 17.2 Å². The minimum absolute atomic E-state index is 0.189. The molecule has 0 radical (unpaired) electrons. The molecule has 0 amide bonds. The van der Waals surface area contributed by atoms with Crippen molar-refractivity contribution in [2.24, 2.45) is 0 Å². The first kappa shape index (κ1) is 12.0. The highest BCUT2D eigenvalue weighted by molar-refractivity contribution is 5.69. The minimum atomic E-state index is -0.189. The molecule has 1 aliphatic heterocycles. The van der Waals surface area contributed by atoms with Crippen molar-refractivity contribution >= 4 is 5.57 Å². The van der Waals surface area contributed by atoms with Crippen LogP contribution in [0.1, 0.15) is 17.5 Å². The molecule has 3 rings (SSSR count). The number of benzene rings is 1. The largest absolute Gasteiger partial charge is 0.313 e. The van der Waals surface area contributed by atoms with Crippen molar-refractivity contribution in [1.29, 1.82) is 0 Å². The van der Waals surface area contributed by atoms with Crippen LogP contribution < -0.4 is 5.32 Å². The Kier molecular flexibility index (Phi) is 3.33. The summed E-state index contributed by atoms with van der Waals surface area (Å²) in [5.41, 5.74) is 2.61. The van der Waals surface area contributed by atoms with Crippen LogP contribution in [0.15, 0.2) is 30.6 Å². The van der Waals surface area contributed by atoms with Gasteiger partial charge in [-0.25, -0.2) is 4.39 Å². The fourth-order valence-electron chi connectivity index (χ4n) is 2.32. The highest BCUT2D eigenvalue weighted by atomic mass is 19.1. The number of hydrogen-bond acceptors (Lipinski definition) is 4. The zero-order valence-corrected chi connectivity index (χ0v) is 10.4. The van der Waals surface area contributed by atoms with Gasteiger partial charge in [-0.15, -0.1) is 10.2 Å². The van der Waals surface area contributed by atoms with Gasteiger partial charge in [0.2, 0.25) is 0 Å². The highest BCUT2D eigenvalue weighted by Crippen LogP contribution is 2.26. The topological polar surface area (TPSA) is 55.6 Å². The van der Waals surface area contributed by atoms with Gasteiger partial charge in [0.25, 0.3) is 0 Å². The molecule has 2 aromatic rings.